The molecule has 0 unspecified atom stereocenters. The molecule has 74 valence electrons. The molecule has 0 atom stereocenters. The van der Waals surface area contributed by atoms with E-state index in [2.05, 4.69) is 30.1 Å². The van der Waals surface area contributed by atoms with Gasteiger partial charge in [-0.3, -0.25) is 0 Å². The van der Waals surface area contributed by atoms with E-state index in [1.54, 1.807) is 0 Å². The second-order valence-corrected chi connectivity index (χ2v) is 4.47. The third-order valence-corrected chi connectivity index (χ3v) is 2.53. The Morgan fingerprint density at radius 1 is 1.29 bits per heavy atom. The zero-order chi connectivity index (χ0) is 10.3. The average molecular weight is 188 g/mol. The Morgan fingerprint density at radius 2 is 2.00 bits per heavy atom. The second kappa shape index (κ2) is 2.85. The summed E-state index contributed by atoms with van der Waals surface area (Å²) in [6, 6.07) is 6.38. The molecule has 0 aliphatic rings. The van der Waals surface area contributed by atoms with E-state index in [9.17, 15) is 0 Å². The first-order valence-corrected chi connectivity index (χ1v) is 4.85. The summed E-state index contributed by atoms with van der Waals surface area (Å²) in [4.78, 5) is 3.24. The molecule has 2 rings (SSSR count). The number of H-pyrrole nitrogens is 1. The van der Waals surface area contributed by atoms with Gasteiger partial charge in [0.15, 0.2) is 0 Å². The van der Waals surface area contributed by atoms with Crippen LogP contribution in [-0.2, 0) is 5.54 Å². The SMILES string of the molecule is Cc1ccc2[nH]cc(C(C)(C)N)c2c1. The Labute approximate surface area is 84.1 Å². The van der Waals surface area contributed by atoms with Crippen molar-refractivity contribution in [3.63, 3.8) is 0 Å². The molecular formula is C12H16N2. The van der Waals surface area contributed by atoms with Crippen molar-refractivity contribution in [2.45, 2.75) is 26.3 Å². The summed E-state index contributed by atoms with van der Waals surface area (Å²) in [5.74, 6) is 0. The predicted molar refractivity (Wildman–Crippen MR) is 60.2 cm³/mol. The van der Waals surface area contributed by atoms with Crippen molar-refractivity contribution in [3.05, 3.63) is 35.5 Å². The molecule has 0 fully saturated rings. The Bertz CT molecular complexity index is 461. The first-order chi connectivity index (χ1) is 6.48. The summed E-state index contributed by atoms with van der Waals surface area (Å²) in [6.07, 6.45) is 2.00. The topological polar surface area (TPSA) is 41.8 Å². The van der Waals surface area contributed by atoms with Gasteiger partial charge in [0, 0.05) is 22.6 Å². The van der Waals surface area contributed by atoms with Gasteiger partial charge in [0.2, 0.25) is 0 Å². The lowest BCUT2D eigenvalue weighted by Gasteiger charge is -2.17. The van der Waals surface area contributed by atoms with E-state index in [-0.39, 0.29) is 5.54 Å². The van der Waals surface area contributed by atoms with E-state index >= 15 is 0 Å². The minimum absolute atomic E-state index is 0.286. The van der Waals surface area contributed by atoms with E-state index in [1.807, 2.05) is 20.0 Å². The van der Waals surface area contributed by atoms with Crippen LogP contribution in [0.25, 0.3) is 10.9 Å². The van der Waals surface area contributed by atoms with Gasteiger partial charge in [0.25, 0.3) is 0 Å². The molecular weight excluding hydrogens is 172 g/mol. The number of nitrogens with two attached hydrogens (primary N) is 1. The number of aryl methyl sites for hydroxylation is 1. The summed E-state index contributed by atoms with van der Waals surface area (Å²) in [7, 11) is 0. The van der Waals surface area contributed by atoms with E-state index in [0.717, 1.165) is 5.52 Å². The number of nitrogens with one attached hydrogen (secondary N) is 1. The van der Waals surface area contributed by atoms with Crippen LogP contribution in [0.5, 0.6) is 0 Å². The van der Waals surface area contributed by atoms with Gasteiger partial charge in [0.05, 0.1) is 0 Å². The number of fused-ring (bicyclic) bond motifs is 1. The quantitative estimate of drug-likeness (QED) is 0.709. The monoisotopic (exact) mass is 188 g/mol. The lowest BCUT2D eigenvalue weighted by atomic mass is 9.95. The molecule has 0 saturated heterocycles. The maximum absolute atomic E-state index is 6.10. The van der Waals surface area contributed by atoms with Crippen molar-refractivity contribution in [2.24, 2.45) is 5.73 Å². The van der Waals surface area contributed by atoms with Crippen LogP contribution in [0, 0.1) is 6.92 Å². The Balaban J connectivity index is 2.73. The molecule has 2 heteroatoms. The number of hydrogen-bond donors (Lipinski definition) is 2. The number of aromatic amines is 1. The van der Waals surface area contributed by atoms with Crippen molar-refractivity contribution < 1.29 is 0 Å². The van der Waals surface area contributed by atoms with Gasteiger partial charge in [-0.25, -0.2) is 0 Å². The molecule has 0 bridgehead atoms. The van der Waals surface area contributed by atoms with Crippen molar-refractivity contribution >= 4 is 10.9 Å². The molecule has 0 radical (unpaired) electrons. The zero-order valence-electron chi connectivity index (χ0n) is 8.89. The van der Waals surface area contributed by atoms with Gasteiger partial charge in [0.1, 0.15) is 0 Å². The first kappa shape index (κ1) is 9.28. The number of benzene rings is 1. The number of hydrogen-bond acceptors (Lipinski definition) is 1. The molecule has 2 aromatic rings. The van der Waals surface area contributed by atoms with Crippen molar-refractivity contribution in [1.82, 2.24) is 4.98 Å². The van der Waals surface area contributed by atoms with Crippen LogP contribution < -0.4 is 5.73 Å². The van der Waals surface area contributed by atoms with Crippen molar-refractivity contribution in [1.29, 1.82) is 0 Å². The summed E-state index contributed by atoms with van der Waals surface area (Å²) in [6.45, 7) is 6.15. The van der Waals surface area contributed by atoms with Crippen LogP contribution in [0.4, 0.5) is 0 Å². The van der Waals surface area contributed by atoms with Gasteiger partial charge in [-0.15, -0.1) is 0 Å². The number of rotatable bonds is 1. The van der Waals surface area contributed by atoms with Crippen LogP contribution in [0.15, 0.2) is 24.4 Å². The molecule has 0 spiro atoms. The van der Waals surface area contributed by atoms with Crippen LogP contribution in [0.3, 0.4) is 0 Å². The Morgan fingerprint density at radius 3 is 2.64 bits per heavy atom. The second-order valence-electron chi connectivity index (χ2n) is 4.47. The Hall–Kier alpha value is -1.28. The average Bonchev–Trinajstić information content (AvgIpc) is 2.45. The molecule has 0 amide bonds. The summed E-state index contributed by atoms with van der Waals surface area (Å²) >= 11 is 0. The summed E-state index contributed by atoms with van der Waals surface area (Å²) in [5, 5.41) is 1.23. The molecule has 2 nitrogen and oxygen atoms in total. The van der Waals surface area contributed by atoms with Gasteiger partial charge < -0.3 is 10.7 Å². The molecule has 0 aliphatic carbocycles. The van der Waals surface area contributed by atoms with Crippen LogP contribution >= 0.6 is 0 Å². The molecule has 1 aromatic heterocycles. The van der Waals surface area contributed by atoms with E-state index in [4.69, 9.17) is 5.73 Å². The highest BCUT2D eigenvalue weighted by Crippen LogP contribution is 2.27. The lowest BCUT2D eigenvalue weighted by molar-refractivity contribution is 0.559. The minimum atomic E-state index is -0.286. The summed E-state index contributed by atoms with van der Waals surface area (Å²) < 4.78 is 0. The van der Waals surface area contributed by atoms with Gasteiger partial charge in [-0.05, 0) is 38.5 Å². The standard InChI is InChI=1S/C12H16N2/c1-8-4-5-11-9(6-8)10(7-14-11)12(2,3)13/h4-7,14H,13H2,1-3H3. The maximum Gasteiger partial charge on any atom is 0.0457 e. The van der Waals surface area contributed by atoms with Crippen molar-refractivity contribution in [3.8, 4) is 0 Å². The third kappa shape index (κ3) is 1.42. The number of aromatic nitrogens is 1. The zero-order valence-corrected chi connectivity index (χ0v) is 8.89. The molecule has 14 heavy (non-hydrogen) atoms. The van der Waals surface area contributed by atoms with Crippen LogP contribution in [0.1, 0.15) is 25.0 Å². The molecule has 3 N–H and O–H groups in total. The highest BCUT2D eigenvalue weighted by molar-refractivity contribution is 5.84. The highest BCUT2D eigenvalue weighted by Gasteiger charge is 2.18. The van der Waals surface area contributed by atoms with Gasteiger partial charge in [-0.2, -0.15) is 0 Å². The smallest absolute Gasteiger partial charge is 0.0457 e. The van der Waals surface area contributed by atoms with Gasteiger partial charge >= 0.3 is 0 Å². The fourth-order valence-electron chi connectivity index (χ4n) is 1.77. The van der Waals surface area contributed by atoms with E-state index < -0.39 is 0 Å². The summed E-state index contributed by atoms with van der Waals surface area (Å²) in [5.41, 5.74) is 9.41. The maximum atomic E-state index is 6.10. The van der Waals surface area contributed by atoms with Crippen LogP contribution in [-0.4, -0.2) is 4.98 Å². The normalized spacial score (nSPS) is 12.3. The Kier molecular flexibility index (Phi) is 1.89. The van der Waals surface area contributed by atoms with Crippen molar-refractivity contribution in [2.75, 3.05) is 0 Å². The highest BCUT2D eigenvalue weighted by atomic mass is 14.8. The largest absolute Gasteiger partial charge is 0.361 e. The molecule has 0 aliphatic heterocycles. The minimum Gasteiger partial charge on any atom is -0.361 e. The van der Waals surface area contributed by atoms with Crippen LogP contribution in [0.2, 0.25) is 0 Å². The molecule has 1 aromatic carbocycles. The predicted octanol–water partition coefficient (Wildman–Crippen LogP) is 2.67. The fraction of sp³-hybridized carbons (Fsp3) is 0.333. The molecule has 1 heterocycles. The molecule has 0 saturated carbocycles. The van der Waals surface area contributed by atoms with E-state index in [0.29, 0.717) is 0 Å². The van der Waals surface area contributed by atoms with E-state index in [1.165, 1.54) is 16.5 Å². The first-order valence-electron chi connectivity index (χ1n) is 4.85. The van der Waals surface area contributed by atoms with Gasteiger partial charge in [-0.1, -0.05) is 11.6 Å². The third-order valence-electron chi connectivity index (χ3n) is 2.53. The fourth-order valence-corrected chi connectivity index (χ4v) is 1.77. The lowest BCUT2D eigenvalue weighted by Crippen LogP contribution is -2.28.